The normalized spacial score (nSPS) is 21.0. The molecule has 3 aliphatic rings. The maximum Gasteiger partial charge on any atom is 0.175 e. The number of aryl methyl sites for hydroxylation is 1. The van der Waals surface area contributed by atoms with E-state index in [0.29, 0.717) is 34.6 Å². The molecule has 8 heteroatoms. The molecule has 3 aromatic rings. The van der Waals surface area contributed by atoms with Crippen molar-refractivity contribution in [2.24, 2.45) is 5.41 Å². The number of nitrogens with one attached hydrogen (secondary N) is 1. The lowest BCUT2D eigenvalue weighted by molar-refractivity contribution is 0.240. The second kappa shape index (κ2) is 10.4. The minimum absolute atomic E-state index is 0.0185. The van der Waals surface area contributed by atoms with Gasteiger partial charge in [-0.25, -0.2) is 14.4 Å². The zero-order chi connectivity index (χ0) is 26.2. The average Bonchev–Trinajstić information content (AvgIpc) is 2.86. The van der Waals surface area contributed by atoms with E-state index in [1.165, 1.54) is 6.07 Å². The zero-order valence-electron chi connectivity index (χ0n) is 21.7. The minimum Gasteiger partial charge on any atom is -0.508 e. The molecule has 1 fully saturated rings. The van der Waals surface area contributed by atoms with Gasteiger partial charge in [0.15, 0.2) is 5.82 Å². The molecule has 2 N–H and O–H groups in total. The number of hydrogen-bond acceptors (Lipinski definition) is 6. The van der Waals surface area contributed by atoms with Gasteiger partial charge in [-0.1, -0.05) is 32.0 Å². The van der Waals surface area contributed by atoms with Crippen molar-refractivity contribution in [1.82, 2.24) is 20.3 Å². The van der Waals surface area contributed by atoms with E-state index in [4.69, 9.17) is 16.6 Å². The summed E-state index contributed by atoms with van der Waals surface area (Å²) in [6.07, 6.45) is 8.78. The fourth-order valence-corrected chi connectivity index (χ4v) is 6.04. The summed E-state index contributed by atoms with van der Waals surface area (Å²) in [6.45, 7) is 11.1. The smallest absolute Gasteiger partial charge is 0.175 e. The van der Waals surface area contributed by atoms with Crippen LogP contribution in [0.25, 0.3) is 22.2 Å². The molecule has 196 valence electrons. The molecule has 1 unspecified atom stereocenters. The Balaban J connectivity index is 1.69. The average molecular weight is 524 g/mol. The van der Waals surface area contributed by atoms with Crippen LogP contribution >= 0.6 is 11.6 Å². The standard InChI is InChI=1S/C29H35ClFN5O/c1-4-24-34-27-22-16-33-26(25(27)31)21-14-19(37)15-23(30)20(21)9-6-5-8-18(2)32-12-11-29(3)10-7-13-36(17-29)28(22)35-24/h14-16,32,37H,2,4-13,17H2,1,3H3. The van der Waals surface area contributed by atoms with Gasteiger partial charge in [0.25, 0.3) is 0 Å². The Hall–Kier alpha value is -2.93. The molecular weight excluding hydrogens is 489 g/mol. The van der Waals surface area contributed by atoms with Crippen molar-refractivity contribution in [2.75, 3.05) is 24.5 Å². The van der Waals surface area contributed by atoms with Crippen LogP contribution in [0.2, 0.25) is 5.02 Å². The number of hydrogen-bond donors (Lipinski definition) is 2. The first-order valence-electron chi connectivity index (χ1n) is 13.3. The molecule has 6 rings (SSSR count). The Bertz CT molecular complexity index is 1350. The van der Waals surface area contributed by atoms with E-state index in [1.807, 2.05) is 6.92 Å². The topological polar surface area (TPSA) is 74.2 Å². The highest BCUT2D eigenvalue weighted by atomic mass is 35.5. The molecule has 0 radical (unpaired) electrons. The number of halogens is 2. The van der Waals surface area contributed by atoms with Crippen LogP contribution < -0.4 is 10.2 Å². The van der Waals surface area contributed by atoms with Crippen LogP contribution in [0.15, 0.2) is 30.6 Å². The van der Waals surface area contributed by atoms with Gasteiger partial charge in [0.1, 0.15) is 28.6 Å². The van der Waals surface area contributed by atoms with E-state index in [2.05, 4.69) is 33.7 Å². The largest absolute Gasteiger partial charge is 0.508 e. The fraction of sp³-hybridized carbons (Fsp3) is 0.483. The summed E-state index contributed by atoms with van der Waals surface area (Å²) in [5.74, 6) is 0.831. The second-order valence-electron chi connectivity index (χ2n) is 10.8. The zero-order valence-corrected chi connectivity index (χ0v) is 22.5. The molecule has 1 saturated heterocycles. The van der Waals surface area contributed by atoms with Crippen molar-refractivity contribution in [3.05, 3.63) is 52.8 Å². The number of rotatable bonds is 1. The number of aromatic hydroxyl groups is 1. The first-order chi connectivity index (χ1) is 17.8. The SMILES string of the molecule is C=C1CCCCc2c(Cl)cc(O)cc2-c2ncc3c(nc(CC)nc3c2F)N2CCCC(C)(CCN1)C2. The summed E-state index contributed by atoms with van der Waals surface area (Å²) >= 11 is 6.57. The van der Waals surface area contributed by atoms with Crippen molar-refractivity contribution in [1.29, 1.82) is 0 Å². The van der Waals surface area contributed by atoms with Crippen molar-refractivity contribution in [3.8, 4) is 17.0 Å². The molecule has 0 aliphatic carbocycles. The molecule has 3 aliphatic heterocycles. The highest BCUT2D eigenvalue weighted by Crippen LogP contribution is 2.40. The molecule has 1 atom stereocenters. The van der Waals surface area contributed by atoms with Crippen molar-refractivity contribution < 1.29 is 9.50 Å². The molecule has 1 aromatic carbocycles. The van der Waals surface area contributed by atoms with Gasteiger partial charge in [0.2, 0.25) is 0 Å². The van der Waals surface area contributed by atoms with Crippen molar-refractivity contribution in [2.45, 2.75) is 65.2 Å². The van der Waals surface area contributed by atoms with E-state index in [1.54, 1.807) is 12.3 Å². The Kier molecular flexibility index (Phi) is 7.26. The molecule has 6 nitrogen and oxygen atoms in total. The number of fused-ring (bicyclic) bond motifs is 8. The summed E-state index contributed by atoms with van der Waals surface area (Å²) in [5, 5.41) is 14.9. The number of allylic oxidation sites excluding steroid dienone is 1. The number of phenolic OH excluding ortho intramolecular Hbond substituents is 1. The molecule has 2 aromatic heterocycles. The van der Waals surface area contributed by atoms with Gasteiger partial charge in [0, 0.05) is 48.5 Å². The van der Waals surface area contributed by atoms with Gasteiger partial charge in [-0.05, 0) is 68.1 Å². The van der Waals surface area contributed by atoms with Gasteiger partial charge in [-0.2, -0.15) is 0 Å². The molecule has 5 heterocycles. The second-order valence-corrected chi connectivity index (χ2v) is 11.2. The van der Waals surface area contributed by atoms with Gasteiger partial charge < -0.3 is 15.3 Å². The molecule has 0 saturated carbocycles. The van der Waals surface area contributed by atoms with E-state index in [-0.39, 0.29) is 22.4 Å². The quantitative estimate of drug-likeness (QED) is 0.375. The molecule has 37 heavy (non-hydrogen) atoms. The Labute approximate surface area is 223 Å². The van der Waals surface area contributed by atoms with Crippen LogP contribution in [0.3, 0.4) is 0 Å². The third-order valence-corrected chi connectivity index (χ3v) is 8.14. The monoisotopic (exact) mass is 523 g/mol. The predicted molar refractivity (Wildman–Crippen MR) is 148 cm³/mol. The number of nitrogens with zero attached hydrogens (tertiary/aromatic N) is 4. The number of phenols is 1. The highest BCUT2D eigenvalue weighted by molar-refractivity contribution is 6.32. The maximum atomic E-state index is 16.3. The van der Waals surface area contributed by atoms with Gasteiger partial charge in [-0.15, -0.1) is 0 Å². The molecule has 6 bridgehead atoms. The summed E-state index contributed by atoms with van der Waals surface area (Å²) in [6, 6.07) is 3.06. The number of piperidine rings is 1. The Morgan fingerprint density at radius 2 is 2.00 bits per heavy atom. The highest BCUT2D eigenvalue weighted by Gasteiger charge is 2.33. The van der Waals surface area contributed by atoms with Crippen LogP contribution in [0.1, 0.15) is 63.8 Å². The Morgan fingerprint density at radius 1 is 1.19 bits per heavy atom. The summed E-state index contributed by atoms with van der Waals surface area (Å²) in [4.78, 5) is 16.3. The van der Waals surface area contributed by atoms with Crippen molar-refractivity contribution in [3.63, 3.8) is 0 Å². The van der Waals surface area contributed by atoms with Gasteiger partial charge in [-0.3, -0.25) is 4.98 Å². The summed E-state index contributed by atoms with van der Waals surface area (Å²) in [7, 11) is 0. The minimum atomic E-state index is -0.503. The lowest BCUT2D eigenvalue weighted by Gasteiger charge is -2.41. The molecule has 0 spiro atoms. The van der Waals surface area contributed by atoms with E-state index in [9.17, 15) is 5.11 Å². The van der Waals surface area contributed by atoms with E-state index >= 15 is 4.39 Å². The van der Waals surface area contributed by atoms with E-state index < -0.39 is 5.82 Å². The third-order valence-electron chi connectivity index (χ3n) is 7.80. The van der Waals surface area contributed by atoms with Gasteiger partial charge in [0.05, 0.1) is 5.39 Å². The number of aromatic nitrogens is 3. The molecular formula is C29H35ClFN5O. The van der Waals surface area contributed by atoms with Crippen molar-refractivity contribution >= 4 is 28.3 Å². The lowest BCUT2D eigenvalue weighted by atomic mass is 9.79. The molecule has 0 amide bonds. The van der Waals surface area contributed by atoms with Crippen LogP contribution in [0.5, 0.6) is 5.75 Å². The predicted octanol–water partition coefficient (Wildman–Crippen LogP) is 6.58. The number of pyridine rings is 1. The van der Waals surface area contributed by atoms with Crippen LogP contribution in [0.4, 0.5) is 10.2 Å². The fourth-order valence-electron chi connectivity index (χ4n) is 5.73. The maximum absolute atomic E-state index is 16.3. The van der Waals surface area contributed by atoms with Gasteiger partial charge >= 0.3 is 0 Å². The number of anilines is 1. The van der Waals surface area contributed by atoms with Crippen LogP contribution in [-0.4, -0.2) is 39.7 Å². The number of benzene rings is 1. The first-order valence-corrected chi connectivity index (χ1v) is 13.7. The van der Waals surface area contributed by atoms with Crippen LogP contribution in [0, 0.1) is 11.2 Å². The first kappa shape index (κ1) is 25.7. The lowest BCUT2D eigenvalue weighted by Crippen LogP contribution is -2.43. The van der Waals surface area contributed by atoms with Crippen LogP contribution in [-0.2, 0) is 12.8 Å². The summed E-state index contributed by atoms with van der Waals surface area (Å²) < 4.78 is 16.3. The van der Waals surface area contributed by atoms with E-state index in [0.717, 1.165) is 75.2 Å². The third kappa shape index (κ3) is 5.24. The summed E-state index contributed by atoms with van der Waals surface area (Å²) in [5.41, 5.74) is 2.86. The Morgan fingerprint density at radius 3 is 2.81 bits per heavy atom.